The Balaban J connectivity index is 3.14. The molecule has 1 heterocycles. The molecule has 0 radical (unpaired) electrons. The smallest absolute Gasteiger partial charge is 0.109 e. The Bertz CT molecular complexity index is 176. The van der Waals surface area contributed by atoms with Gasteiger partial charge in [-0.05, 0) is 22.0 Å². The molecule has 0 saturated heterocycles. The number of halogens is 3. The van der Waals surface area contributed by atoms with E-state index in [0.717, 1.165) is 4.47 Å². The molecule has 0 bridgehead atoms. The second-order valence-electron chi connectivity index (χ2n) is 1.17. The molecular formula is C4HBrCl2S. The van der Waals surface area contributed by atoms with Crippen LogP contribution in [0.4, 0.5) is 0 Å². The third kappa shape index (κ3) is 1.38. The molecule has 0 aliphatic rings. The summed E-state index contributed by atoms with van der Waals surface area (Å²) in [4.78, 5) is 0. The van der Waals surface area contributed by atoms with Gasteiger partial charge in [-0.1, -0.05) is 23.2 Å². The van der Waals surface area contributed by atoms with Crippen molar-refractivity contribution in [1.82, 2.24) is 0 Å². The summed E-state index contributed by atoms with van der Waals surface area (Å²) in [6, 6.07) is 1.77. The Labute approximate surface area is 69.5 Å². The van der Waals surface area contributed by atoms with Crippen LogP contribution in [-0.4, -0.2) is 0 Å². The Kier molecular flexibility index (Phi) is 2.20. The van der Waals surface area contributed by atoms with Crippen LogP contribution in [0.25, 0.3) is 0 Å². The molecule has 0 unspecified atom stereocenters. The normalized spacial score (nSPS) is 9.88. The summed E-state index contributed by atoms with van der Waals surface area (Å²) >= 11 is 15.7. The van der Waals surface area contributed by atoms with Crippen LogP contribution in [0.3, 0.4) is 0 Å². The lowest BCUT2D eigenvalue weighted by Gasteiger charge is -1.73. The highest BCUT2D eigenvalue weighted by Gasteiger charge is 1.99. The van der Waals surface area contributed by atoms with Crippen molar-refractivity contribution in [3.8, 4) is 0 Å². The van der Waals surface area contributed by atoms with Crippen molar-refractivity contribution in [2.45, 2.75) is 0 Å². The highest BCUT2D eigenvalue weighted by atomic mass is 79.9. The molecule has 0 aliphatic carbocycles. The summed E-state index contributed by atoms with van der Waals surface area (Å²) < 4.78 is 2.28. The van der Waals surface area contributed by atoms with Gasteiger partial charge < -0.3 is 0 Å². The van der Waals surface area contributed by atoms with Crippen LogP contribution < -0.4 is 0 Å². The van der Waals surface area contributed by atoms with Crippen molar-refractivity contribution in [1.29, 1.82) is 0 Å². The van der Waals surface area contributed by atoms with Gasteiger partial charge in [0.05, 0.1) is 4.34 Å². The summed E-state index contributed by atoms with van der Waals surface area (Å²) in [7, 11) is 0. The first kappa shape index (κ1) is 6.87. The first-order valence-corrected chi connectivity index (χ1v) is 4.17. The molecule has 0 atom stereocenters. The first-order valence-electron chi connectivity index (χ1n) is 1.80. The van der Waals surface area contributed by atoms with Crippen LogP contribution in [0, 0.1) is 0 Å². The van der Waals surface area contributed by atoms with Crippen molar-refractivity contribution in [3.05, 3.63) is 19.2 Å². The van der Waals surface area contributed by atoms with Gasteiger partial charge in [0.1, 0.15) is 4.34 Å². The van der Waals surface area contributed by atoms with E-state index in [-0.39, 0.29) is 0 Å². The van der Waals surface area contributed by atoms with Gasteiger partial charge in [0.2, 0.25) is 0 Å². The Hall–Kier alpha value is 0.760. The van der Waals surface area contributed by atoms with Gasteiger partial charge in [-0.3, -0.25) is 0 Å². The molecule has 1 rings (SSSR count). The van der Waals surface area contributed by atoms with Crippen molar-refractivity contribution in [2.75, 3.05) is 0 Å². The second-order valence-corrected chi connectivity index (χ2v) is 4.31. The number of hydrogen-bond acceptors (Lipinski definition) is 1. The topological polar surface area (TPSA) is 0 Å². The molecule has 0 aliphatic heterocycles. The lowest BCUT2D eigenvalue weighted by Crippen LogP contribution is -1.44. The third-order valence-corrected chi connectivity index (χ3v) is 3.22. The van der Waals surface area contributed by atoms with Gasteiger partial charge in [-0.15, -0.1) is 11.3 Å². The van der Waals surface area contributed by atoms with Crippen molar-refractivity contribution in [2.24, 2.45) is 0 Å². The van der Waals surface area contributed by atoms with Gasteiger partial charge >= 0.3 is 0 Å². The molecule has 4 heteroatoms. The van der Waals surface area contributed by atoms with E-state index in [1.807, 2.05) is 0 Å². The summed E-state index contributed by atoms with van der Waals surface area (Å²) in [5.41, 5.74) is 0. The fourth-order valence-corrected chi connectivity index (χ4v) is 2.34. The van der Waals surface area contributed by atoms with Crippen molar-refractivity contribution in [3.63, 3.8) is 0 Å². The number of rotatable bonds is 0. The van der Waals surface area contributed by atoms with E-state index in [2.05, 4.69) is 15.9 Å². The average Bonchev–Trinajstić information content (AvgIpc) is 1.85. The summed E-state index contributed by atoms with van der Waals surface area (Å²) in [6.07, 6.45) is 0. The minimum Gasteiger partial charge on any atom is -0.110 e. The maximum Gasteiger partial charge on any atom is 0.109 e. The van der Waals surface area contributed by atoms with Crippen LogP contribution in [0.2, 0.25) is 8.67 Å². The molecule has 44 valence electrons. The van der Waals surface area contributed by atoms with Gasteiger partial charge in [-0.25, -0.2) is 0 Å². The fraction of sp³-hybridized carbons (Fsp3) is 0. The third-order valence-electron chi connectivity index (χ3n) is 0.615. The summed E-state index contributed by atoms with van der Waals surface area (Å²) in [5.74, 6) is 0. The average molecular weight is 232 g/mol. The molecule has 0 aromatic carbocycles. The Morgan fingerprint density at radius 2 is 2.12 bits per heavy atom. The molecule has 8 heavy (non-hydrogen) atoms. The zero-order valence-electron chi connectivity index (χ0n) is 3.62. The van der Waals surface area contributed by atoms with Gasteiger partial charge in [0.15, 0.2) is 0 Å². The molecule has 0 nitrogen and oxygen atoms in total. The zero-order chi connectivity index (χ0) is 6.15. The standard InChI is InChI=1S/C4HBrCl2S/c5-2-1-3(6)8-4(2)7/h1H. The predicted molar refractivity (Wildman–Crippen MR) is 42.0 cm³/mol. The van der Waals surface area contributed by atoms with Crippen LogP contribution >= 0.6 is 50.5 Å². The quantitative estimate of drug-likeness (QED) is 0.637. The molecule has 1 aromatic heterocycles. The van der Waals surface area contributed by atoms with Gasteiger partial charge in [-0.2, -0.15) is 0 Å². The lowest BCUT2D eigenvalue weighted by molar-refractivity contribution is 1.89. The molecule has 0 amide bonds. The molecule has 0 spiro atoms. The Morgan fingerprint density at radius 3 is 2.25 bits per heavy atom. The minimum atomic E-state index is 0.704. The van der Waals surface area contributed by atoms with Crippen LogP contribution in [0.5, 0.6) is 0 Å². The van der Waals surface area contributed by atoms with Crippen molar-refractivity contribution >= 4 is 50.5 Å². The van der Waals surface area contributed by atoms with Crippen LogP contribution in [0.15, 0.2) is 10.5 Å². The van der Waals surface area contributed by atoms with Crippen LogP contribution in [0.1, 0.15) is 0 Å². The van der Waals surface area contributed by atoms with E-state index in [1.165, 1.54) is 11.3 Å². The fourth-order valence-electron chi connectivity index (χ4n) is 0.320. The largest absolute Gasteiger partial charge is 0.110 e. The van der Waals surface area contributed by atoms with Crippen molar-refractivity contribution < 1.29 is 0 Å². The second kappa shape index (κ2) is 2.56. The molecule has 1 aromatic rings. The number of thiophene rings is 1. The van der Waals surface area contributed by atoms with E-state index in [9.17, 15) is 0 Å². The first-order chi connectivity index (χ1) is 3.70. The maximum atomic E-state index is 5.62. The van der Waals surface area contributed by atoms with Gasteiger partial charge in [0.25, 0.3) is 0 Å². The summed E-state index contributed by atoms with van der Waals surface area (Å²) in [5, 5.41) is 0. The van der Waals surface area contributed by atoms with Crippen LogP contribution in [-0.2, 0) is 0 Å². The van der Waals surface area contributed by atoms with E-state index in [0.29, 0.717) is 8.67 Å². The van der Waals surface area contributed by atoms with E-state index < -0.39 is 0 Å². The van der Waals surface area contributed by atoms with Gasteiger partial charge in [0, 0.05) is 4.47 Å². The molecular weight excluding hydrogens is 231 g/mol. The summed E-state index contributed by atoms with van der Waals surface area (Å²) in [6.45, 7) is 0. The molecule has 0 saturated carbocycles. The van der Waals surface area contributed by atoms with E-state index in [1.54, 1.807) is 6.07 Å². The maximum absolute atomic E-state index is 5.62. The highest BCUT2D eigenvalue weighted by Crippen LogP contribution is 2.34. The minimum absolute atomic E-state index is 0.704. The number of hydrogen-bond donors (Lipinski definition) is 0. The molecule has 0 fully saturated rings. The van der Waals surface area contributed by atoms with E-state index in [4.69, 9.17) is 23.2 Å². The Morgan fingerprint density at radius 1 is 1.50 bits per heavy atom. The monoisotopic (exact) mass is 230 g/mol. The SMILES string of the molecule is Clc1cc(Br)c(Cl)s1. The van der Waals surface area contributed by atoms with E-state index >= 15 is 0 Å². The molecule has 0 N–H and O–H groups in total. The zero-order valence-corrected chi connectivity index (χ0v) is 7.53. The predicted octanol–water partition coefficient (Wildman–Crippen LogP) is 3.82. The highest BCUT2D eigenvalue weighted by molar-refractivity contribution is 9.10. The lowest BCUT2D eigenvalue weighted by atomic mass is 10.7.